The van der Waals surface area contributed by atoms with E-state index in [9.17, 15) is 0 Å². The summed E-state index contributed by atoms with van der Waals surface area (Å²) in [5.41, 5.74) is 0. The Hall–Kier alpha value is -0.0400. The van der Waals surface area contributed by atoms with Crippen LogP contribution in [0.15, 0.2) is 0 Å². The average Bonchev–Trinajstić information content (AvgIpc) is 2.86. The van der Waals surface area contributed by atoms with Crippen LogP contribution in [-0.2, 0) is 0 Å². The molecule has 2 fully saturated rings. The van der Waals surface area contributed by atoms with Crippen molar-refractivity contribution < 1.29 is 0 Å². The van der Waals surface area contributed by atoms with E-state index in [4.69, 9.17) is 0 Å². The molecule has 2 saturated carbocycles. The molecule has 0 spiro atoms. The zero-order valence-electron chi connectivity index (χ0n) is 11.9. The lowest BCUT2D eigenvalue weighted by Gasteiger charge is -2.33. The van der Waals surface area contributed by atoms with E-state index in [1.54, 1.807) is 0 Å². The van der Waals surface area contributed by atoms with Crippen molar-refractivity contribution >= 4 is 0 Å². The molecule has 0 radical (unpaired) electrons. The molecule has 0 heterocycles. The molecule has 0 aromatic carbocycles. The molecule has 0 unspecified atom stereocenters. The fourth-order valence-electron chi connectivity index (χ4n) is 3.99. The van der Waals surface area contributed by atoms with E-state index in [1.165, 1.54) is 64.2 Å². The normalized spacial score (nSPS) is 32.8. The van der Waals surface area contributed by atoms with Crippen LogP contribution in [0.5, 0.6) is 0 Å². The molecule has 1 nitrogen and oxygen atoms in total. The molecule has 2 aliphatic rings. The van der Waals surface area contributed by atoms with Crippen molar-refractivity contribution in [2.45, 2.75) is 90.1 Å². The van der Waals surface area contributed by atoms with E-state index in [2.05, 4.69) is 19.2 Å². The minimum atomic E-state index is 0.769. The van der Waals surface area contributed by atoms with E-state index in [0.717, 1.165) is 23.9 Å². The summed E-state index contributed by atoms with van der Waals surface area (Å²) in [4.78, 5) is 0. The third kappa shape index (κ3) is 3.98. The van der Waals surface area contributed by atoms with Gasteiger partial charge in [-0.25, -0.2) is 0 Å². The van der Waals surface area contributed by atoms with Crippen LogP contribution in [0.1, 0.15) is 78.1 Å². The second kappa shape index (κ2) is 6.78. The molecule has 2 aliphatic carbocycles. The molecule has 0 saturated heterocycles. The summed E-state index contributed by atoms with van der Waals surface area (Å²) in [6, 6.07) is 1.60. The van der Waals surface area contributed by atoms with Gasteiger partial charge in [0, 0.05) is 12.1 Å². The number of hydrogen-bond donors (Lipinski definition) is 1. The molecule has 1 N–H and O–H groups in total. The van der Waals surface area contributed by atoms with E-state index in [-0.39, 0.29) is 0 Å². The van der Waals surface area contributed by atoms with Crippen LogP contribution in [0.3, 0.4) is 0 Å². The lowest BCUT2D eigenvalue weighted by Crippen LogP contribution is -2.42. The first-order valence-corrected chi connectivity index (χ1v) is 8.05. The van der Waals surface area contributed by atoms with Gasteiger partial charge in [0.25, 0.3) is 0 Å². The maximum atomic E-state index is 3.92. The van der Waals surface area contributed by atoms with Gasteiger partial charge in [-0.2, -0.15) is 0 Å². The molecule has 0 aromatic rings. The van der Waals surface area contributed by atoms with Gasteiger partial charge in [0.15, 0.2) is 0 Å². The molecule has 17 heavy (non-hydrogen) atoms. The van der Waals surface area contributed by atoms with Gasteiger partial charge < -0.3 is 5.32 Å². The Labute approximate surface area is 108 Å². The largest absolute Gasteiger partial charge is 0.311 e. The van der Waals surface area contributed by atoms with E-state index < -0.39 is 0 Å². The highest BCUT2D eigenvalue weighted by Crippen LogP contribution is 2.31. The first kappa shape index (κ1) is 13.4. The SMILES string of the molecule is CCCC1CCC(N[C@@H](C)C2CCCC2)CC1. The third-order valence-electron chi connectivity index (χ3n) is 5.15. The smallest absolute Gasteiger partial charge is 0.00698 e. The van der Waals surface area contributed by atoms with Gasteiger partial charge in [-0.1, -0.05) is 32.6 Å². The molecule has 0 bridgehead atoms. The zero-order valence-corrected chi connectivity index (χ0v) is 11.9. The molecule has 0 aromatic heterocycles. The molecular weight excluding hydrogens is 206 g/mol. The first-order chi connectivity index (χ1) is 8.29. The predicted octanol–water partition coefficient (Wildman–Crippen LogP) is 4.51. The van der Waals surface area contributed by atoms with Crippen molar-refractivity contribution in [2.75, 3.05) is 0 Å². The Morgan fingerprint density at radius 3 is 2.24 bits per heavy atom. The number of rotatable bonds is 5. The number of nitrogens with one attached hydrogen (secondary N) is 1. The summed E-state index contributed by atoms with van der Waals surface area (Å²) in [6.45, 7) is 4.75. The summed E-state index contributed by atoms with van der Waals surface area (Å²) in [7, 11) is 0. The van der Waals surface area contributed by atoms with Gasteiger partial charge in [0.05, 0.1) is 0 Å². The minimum Gasteiger partial charge on any atom is -0.311 e. The standard InChI is InChI=1S/C16H31N/c1-3-6-14-9-11-16(12-10-14)17-13(2)15-7-4-5-8-15/h13-17H,3-12H2,1-2H3/t13-,14?,16?/m0/s1. The maximum Gasteiger partial charge on any atom is 0.00698 e. The Morgan fingerprint density at radius 1 is 1.00 bits per heavy atom. The molecule has 2 rings (SSSR count). The minimum absolute atomic E-state index is 0.769. The summed E-state index contributed by atoms with van der Waals surface area (Å²) in [6.07, 6.45) is 14.5. The van der Waals surface area contributed by atoms with E-state index in [1.807, 2.05) is 0 Å². The topological polar surface area (TPSA) is 12.0 Å². The van der Waals surface area contributed by atoms with Crippen LogP contribution >= 0.6 is 0 Å². The summed E-state index contributed by atoms with van der Waals surface area (Å²) >= 11 is 0. The Balaban J connectivity index is 1.66. The summed E-state index contributed by atoms with van der Waals surface area (Å²) in [5.74, 6) is 2.02. The lowest BCUT2D eigenvalue weighted by molar-refractivity contribution is 0.244. The Kier molecular flexibility index (Phi) is 5.34. The van der Waals surface area contributed by atoms with Crippen molar-refractivity contribution in [1.82, 2.24) is 5.32 Å². The Morgan fingerprint density at radius 2 is 1.65 bits per heavy atom. The van der Waals surface area contributed by atoms with E-state index in [0.29, 0.717) is 0 Å². The molecule has 100 valence electrons. The molecule has 1 heteroatoms. The van der Waals surface area contributed by atoms with Gasteiger partial charge in [-0.3, -0.25) is 0 Å². The fourth-order valence-corrected chi connectivity index (χ4v) is 3.99. The van der Waals surface area contributed by atoms with Crippen molar-refractivity contribution in [3.05, 3.63) is 0 Å². The van der Waals surface area contributed by atoms with Crippen LogP contribution in [0.2, 0.25) is 0 Å². The fraction of sp³-hybridized carbons (Fsp3) is 1.00. The van der Waals surface area contributed by atoms with Gasteiger partial charge in [0.1, 0.15) is 0 Å². The average molecular weight is 237 g/mol. The predicted molar refractivity (Wildman–Crippen MR) is 75.2 cm³/mol. The summed E-state index contributed by atoms with van der Waals surface area (Å²) < 4.78 is 0. The highest BCUT2D eigenvalue weighted by Gasteiger charge is 2.26. The van der Waals surface area contributed by atoms with Crippen molar-refractivity contribution in [3.8, 4) is 0 Å². The van der Waals surface area contributed by atoms with Crippen molar-refractivity contribution in [3.63, 3.8) is 0 Å². The maximum absolute atomic E-state index is 3.92. The van der Waals surface area contributed by atoms with Crippen LogP contribution in [0.25, 0.3) is 0 Å². The Bertz CT molecular complexity index is 200. The van der Waals surface area contributed by atoms with Crippen molar-refractivity contribution in [1.29, 1.82) is 0 Å². The second-order valence-corrected chi connectivity index (χ2v) is 6.51. The molecule has 1 atom stereocenters. The highest BCUT2D eigenvalue weighted by molar-refractivity contribution is 4.83. The lowest BCUT2D eigenvalue weighted by atomic mass is 9.83. The van der Waals surface area contributed by atoms with Gasteiger partial charge in [-0.05, 0) is 57.3 Å². The zero-order chi connectivity index (χ0) is 12.1. The van der Waals surface area contributed by atoms with Gasteiger partial charge in [-0.15, -0.1) is 0 Å². The molecule has 0 aliphatic heterocycles. The first-order valence-electron chi connectivity index (χ1n) is 8.05. The van der Waals surface area contributed by atoms with Crippen LogP contribution in [0.4, 0.5) is 0 Å². The molecule has 0 amide bonds. The van der Waals surface area contributed by atoms with Crippen molar-refractivity contribution in [2.24, 2.45) is 11.8 Å². The molecular formula is C16H31N. The van der Waals surface area contributed by atoms with Gasteiger partial charge >= 0.3 is 0 Å². The van der Waals surface area contributed by atoms with E-state index >= 15 is 0 Å². The van der Waals surface area contributed by atoms with Crippen LogP contribution < -0.4 is 5.32 Å². The van der Waals surface area contributed by atoms with Crippen LogP contribution in [0, 0.1) is 11.8 Å². The number of hydrogen-bond acceptors (Lipinski definition) is 1. The second-order valence-electron chi connectivity index (χ2n) is 6.51. The van der Waals surface area contributed by atoms with Gasteiger partial charge in [0.2, 0.25) is 0 Å². The highest BCUT2D eigenvalue weighted by atomic mass is 15.0. The summed E-state index contributed by atoms with van der Waals surface area (Å²) in [5, 5.41) is 3.92. The monoisotopic (exact) mass is 237 g/mol. The third-order valence-corrected chi connectivity index (χ3v) is 5.15. The quantitative estimate of drug-likeness (QED) is 0.741. The van der Waals surface area contributed by atoms with Crippen LogP contribution in [-0.4, -0.2) is 12.1 Å².